The van der Waals surface area contributed by atoms with Gasteiger partial charge in [-0.1, -0.05) is 0 Å². The molecule has 11 heteroatoms. The van der Waals surface area contributed by atoms with E-state index in [9.17, 15) is 21.2 Å². The Morgan fingerprint density at radius 1 is 1.00 bits per heavy atom. The molecule has 0 aliphatic carbocycles. The molecule has 2 heterocycles. The highest BCUT2D eigenvalue weighted by atomic mass is 32.2. The lowest BCUT2D eigenvalue weighted by atomic mass is 10.2. The lowest BCUT2D eigenvalue weighted by molar-refractivity contribution is 0.385. The summed E-state index contributed by atoms with van der Waals surface area (Å²) in [5.41, 5.74) is 1.11. The number of nitrogens with zero attached hydrogens (tertiary/aromatic N) is 3. The van der Waals surface area contributed by atoms with Crippen molar-refractivity contribution in [1.29, 1.82) is 0 Å². The smallest absolute Gasteiger partial charge is 0.285 e. The van der Waals surface area contributed by atoms with Crippen molar-refractivity contribution in [3.05, 3.63) is 48.3 Å². The lowest BCUT2D eigenvalue weighted by Crippen LogP contribution is -2.48. The fourth-order valence-corrected chi connectivity index (χ4v) is 5.71. The Hall–Kier alpha value is -2.50. The molecule has 2 aromatic rings. The first-order valence-corrected chi connectivity index (χ1v) is 11.4. The quantitative estimate of drug-likeness (QED) is 0.801. The van der Waals surface area contributed by atoms with E-state index in [1.807, 2.05) is 4.90 Å². The molecule has 0 amide bonds. The molecule has 0 bridgehead atoms. The minimum absolute atomic E-state index is 0.0936. The van der Waals surface area contributed by atoms with Gasteiger partial charge in [0.05, 0.1) is 10.6 Å². The third-order valence-electron chi connectivity index (χ3n) is 4.71. The molecular formula is C17H17FN4O4S2. The normalized spacial score (nSPS) is 19.1. The summed E-state index contributed by atoms with van der Waals surface area (Å²) in [6.45, 7) is 1.36. The van der Waals surface area contributed by atoms with Crippen molar-refractivity contribution < 1.29 is 21.2 Å². The summed E-state index contributed by atoms with van der Waals surface area (Å²) in [5, 5.41) is 2.69. The molecule has 1 saturated heterocycles. The van der Waals surface area contributed by atoms with Crippen molar-refractivity contribution in [3.63, 3.8) is 0 Å². The molecule has 0 atom stereocenters. The van der Waals surface area contributed by atoms with Crippen molar-refractivity contribution in [3.8, 4) is 0 Å². The van der Waals surface area contributed by atoms with Crippen LogP contribution in [0.5, 0.6) is 0 Å². The lowest BCUT2D eigenvalue weighted by Gasteiger charge is -2.35. The van der Waals surface area contributed by atoms with E-state index in [2.05, 4.69) is 9.71 Å². The Bertz CT molecular complexity index is 1140. The van der Waals surface area contributed by atoms with Crippen LogP contribution in [0.2, 0.25) is 0 Å². The van der Waals surface area contributed by atoms with Gasteiger partial charge in [-0.25, -0.2) is 12.8 Å². The average molecular weight is 424 g/mol. The van der Waals surface area contributed by atoms with E-state index in [0.29, 0.717) is 13.1 Å². The first kappa shape index (κ1) is 18.8. The molecular weight excluding hydrogens is 407 g/mol. The zero-order valence-corrected chi connectivity index (χ0v) is 16.2. The minimum atomic E-state index is -3.92. The number of hydrogen-bond acceptors (Lipinski definition) is 6. The first-order valence-electron chi connectivity index (χ1n) is 8.47. The number of piperazine rings is 1. The van der Waals surface area contributed by atoms with E-state index in [0.717, 1.165) is 18.1 Å². The summed E-state index contributed by atoms with van der Waals surface area (Å²) in [6, 6.07) is 9.96. The number of benzene rings is 2. The second kappa shape index (κ2) is 6.83. The van der Waals surface area contributed by atoms with Gasteiger partial charge >= 0.3 is 0 Å². The van der Waals surface area contributed by atoms with Crippen LogP contribution in [-0.2, 0) is 20.0 Å². The van der Waals surface area contributed by atoms with E-state index >= 15 is 0 Å². The van der Waals surface area contributed by atoms with Crippen LogP contribution >= 0.6 is 0 Å². The van der Waals surface area contributed by atoms with Gasteiger partial charge in [0.25, 0.3) is 10.0 Å². The van der Waals surface area contributed by atoms with Crippen LogP contribution in [0, 0.1) is 5.82 Å². The fraction of sp³-hybridized carbons (Fsp3) is 0.235. The number of hydrogen-bond donors (Lipinski definition) is 1. The summed E-state index contributed by atoms with van der Waals surface area (Å²) in [5.74, 6) is -0.328. The van der Waals surface area contributed by atoms with E-state index in [1.54, 1.807) is 12.1 Å². The monoisotopic (exact) mass is 424 g/mol. The molecule has 0 spiro atoms. The number of sulfonamides is 2. The van der Waals surface area contributed by atoms with E-state index in [-0.39, 0.29) is 34.4 Å². The largest absolute Gasteiger partial charge is 0.369 e. The fourth-order valence-electron chi connectivity index (χ4n) is 3.21. The van der Waals surface area contributed by atoms with Crippen LogP contribution in [0.15, 0.2) is 56.7 Å². The summed E-state index contributed by atoms with van der Waals surface area (Å²) < 4.78 is 67.9. The highest BCUT2D eigenvalue weighted by molar-refractivity contribution is 7.91. The maximum Gasteiger partial charge on any atom is 0.285 e. The molecule has 0 radical (unpaired) electrons. The van der Waals surface area contributed by atoms with Gasteiger partial charge in [0.15, 0.2) is 0 Å². The van der Waals surface area contributed by atoms with Gasteiger partial charge in [0, 0.05) is 31.9 Å². The zero-order valence-electron chi connectivity index (χ0n) is 14.6. The van der Waals surface area contributed by atoms with Crippen LogP contribution in [0.25, 0.3) is 0 Å². The molecule has 4 rings (SSSR count). The molecule has 2 aromatic carbocycles. The highest BCUT2D eigenvalue weighted by Crippen LogP contribution is 2.30. The van der Waals surface area contributed by atoms with Crippen molar-refractivity contribution in [1.82, 2.24) is 4.31 Å². The molecule has 0 saturated carbocycles. The molecule has 2 aliphatic heterocycles. The minimum Gasteiger partial charge on any atom is -0.369 e. The van der Waals surface area contributed by atoms with E-state index in [4.69, 9.17) is 0 Å². The maximum atomic E-state index is 13.1. The molecule has 148 valence electrons. The van der Waals surface area contributed by atoms with E-state index in [1.165, 1.54) is 28.6 Å². The number of anilines is 2. The molecule has 0 aromatic heterocycles. The van der Waals surface area contributed by atoms with Gasteiger partial charge in [-0.15, -0.1) is 4.40 Å². The van der Waals surface area contributed by atoms with Crippen LogP contribution in [0.3, 0.4) is 0 Å². The highest BCUT2D eigenvalue weighted by Gasteiger charge is 2.31. The topological polar surface area (TPSA) is 99.1 Å². The predicted molar refractivity (Wildman–Crippen MR) is 103 cm³/mol. The summed E-state index contributed by atoms with van der Waals surface area (Å²) in [4.78, 5) is 1.71. The maximum absolute atomic E-state index is 13.1. The van der Waals surface area contributed by atoms with Gasteiger partial charge < -0.3 is 10.2 Å². The molecule has 1 N–H and O–H groups in total. The zero-order chi connectivity index (χ0) is 19.9. The average Bonchev–Trinajstić information content (AvgIpc) is 2.68. The van der Waals surface area contributed by atoms with Gasteiger partial charge in [0.1, 0.15) is 17.1 Å². The van der Waals surface area contributed by atoms with E-state index < -0.39 is 20.0 Å². The van der Waals surface area contributed by atoms with Crippen LogP contribution in [0.4, 0.5) is 15.8 Å². The van der Waals surface area contributed by atoms with Crippen molar-refractivity contribution >= 4 is 37.8 Å². The molecule has 0 unspecified atom stereocenters. The third kappa shape index (κ3) is 3.36. The second-order valence-corrected chi connectivity index (χ2v) is 9.92. The summed E-state index contributed by atoms with van der Waals surface area (Å²) in [6.07, 6.45) is 1.06. The Morgan fingerprint density at radius 2 is 1.68 bits per heavy atom. The van der Waals surface area contributed by atoms with Crippen molar-refractivity contribution in [2.45, 2.75) is 9.79 Å². The standard InChI is InChI=1S/C17H17FN4O4S2/c18-13-1-3-14(4-2-13)21-7-9-22(10-8-21)28(25,26)15-5-6-16-17(11-15)27(23,24)20-12-19-16/h1-6,11-12H,7-10H2,(H,19,20). The summed E-state index contributed by atoms with van der Waals surface area (Å²) in [7, 11) is -7.77. The van der Waals surface area contributed by atoms with Crippen LogP contribution < -0.4 is 10.2 Å². The Morgan fingerprint density at radius 3 is 2.36 bits per heavy atom. The van der Waals surface area contributed by atoms with Crippen LogP contribution in [0.1, 0.15) is 0 Å². The van der Waals surface area contributed by atoms with Crippen molar-refractivity contribution in [2.24, 2.45) is 4.40 Å². The second-order valence-electron chi connectivity index (χ2n) is 6.38. The predicted octanol–water partition coefficient (Wildman–Crippen LogP) is 1.48. The van der Waals surface area contributed by atoms with Gasteiger partial charge in [-0.3, -0.25) is 0 Å². The molecule has 2 aliphatic rings. The first-order chi connectivity index (χ1) is 13.3. The van der Waals surface area contributed by atoms with Crippen LogP contribution in [-0.4, -0.2) is 53.7 Å². The number of halogens is 1. The van der Waals surface area contributed by atoms with Gasteiger partial charge in [-0.05, 0) is 42.5 Å². The summed E-state index contributed by atoms with van der Waals surface area (Å²) >= 11 is 0. The number of fused-ring (bicyclic) bond motifs is 1. The van der Waals surface area contributed by atoms with Gasteiger partial charge in [0.2, 0.25) is 10.0 Å². The number of nitrogens with one attached hydrogen (secondary N) is 1. The molecule has 8 nitrogen and oxygen atoms in total. The molecule has 28 heavy (non-hydrogen) atoms. The Kier molecular flexibility index (Phi) is 4.60. The number of rotatable bonds is 3. The third-order valence-corrected chi connectivity index (χ3v) is 7.88. The molecule has 1 fully saturated rings. The van der Waals surface area contributed by atoms with Gasteiger partial charge in [-0.2, -0.15) is 12.7 Å². The van der Waals surface area contributed by atoms with Crippen molar-refractivity contribution in [2.75, 3.05) is 36.4 Å². The SMILES string of the molecule is O=S1(=O)N=CNc2ccc(S(=O)(=O)N3CCN(c4ccc(F)cc4)CC3)cc21. The Balaban J connectivity index is 1.55. The Labute approximate surface area is 162 Å².